The van der Waals surface area contributed by atoms with Crippen LogP contribution in [0.3, 0.4) is 0 Å². The third kappa shape index (κ3) is 4.85. The molecule has 0 aromatic carbocycles. The number of carbonyl (C=O) groups is 1. The molecule has 7 heteroatoms. The molecular formula is C18H22BrN3O2S. The Labute approximate surface area is 159 Å². The molecular weight excluding hydrogens is 402 g/mol. The second-order valence-electron chi connectivity index (χ2n) is 6.59. The van der Waals surface area contributed by atoms with Crippen molar-refractivity contribution >= 4 is 39.2 Å². The quantitative estimate of drug-likeness (QED) is 0.800. The number of amides is 1. The number of nitrogens with zero attached hydrogens (tertiary/aromatic N) is 2. The van der Waals surface area contributed by atoms with Crippen LogP contribution in [0.2, 0.25) is 0 Å². The van der Waals surface area contributed by atoms with Gasteiger partial charge in [0.25, 0.3) is 5.56 Å². The minimum Gasteiger partial charge on any atom is -0.352 e. The molecule has 3 rings (SSSR count). The van der Waals surface area contributed by atoms with Crippen LogP contribution in [0.5, 0.6) is 0 Å². The highest BCUT2D eigenvalue weighted by Gasteiger charge is 2.22. The number of rotatable bonds is 5. The molecule has 134 valence electrons. The highest BCUT2D eigenvalue weighted by molar-refractivity contribution is 9.10. The number of pyridine rings is 1. The van der Waals surface area contributed by atoms with E-state index in [0.29, 0.717) is 34.8 Å². The van der Waals surface area contributed by atoms with E-state index in [-0.39, 0.29) is 11.5 Å². The molecule has 25 heavy (non-hydrogen) atoms. The Balaban J connectivity index is 1.55. The first kappa shape index (κ1) is 18.5. The zero-order valence-electron chi connectivity index (χ0n) is 14.2. The zero-order valence-corrected chi connectivity index (χ0v) is 16.6. The Morgan fingerprint density at radius 2 is 2.20 bits per heavy atom. The lowest BCUT2D eigenvalue weighted by atomic mass is 9.86. The van der Waals surface area contributed by atoms with Gasteiger partial charge in [0.15, 0.2) is 0 Å². The van der Waals surface area contributed by atoms with Crippen LogP contribution in [-0.2, 0) is 10.5 Å². The van der Waals surface area contributed by atoms with Crippen LogP contribution in [0.25, 0.3) is 5.65 Å². The minimum atomic E-state index is -0.109. The number of carbonyl (C=O) groups excluding carboxylic acids is 1. The normalized spacial score (nSPS) is 20.6. The summed E-state index contributed by atoms with van der Waals surface area (Å²) in [7, 11) is 0. The number of fused-ring (bicyclic) bond motifs is 1. The summed E-state index contributed by atoms with van der Waals surface area (Å²) >= 11 is 4.84. The fourth-order valence-electron chi connectivity index (χ4n) is 3.23. The number of thioether (sulfide) groups is 1. The predicted molar refractivity (Wildman–Crippen MR) is 105 cm³/mol. The lowest BCUT2D eigenvalue weighted by Crippen LogP contribution is -2.41. The Kier molecular flexibility index (Phi) is 6.17. The number of aromatic nitrogens is 2. The van der Waals surface area contributed by atoms with Gasteiger partial charge < -0.3 is 5.32 Å². The number of hydrogen-bond acceptors (Lipinski definition) is 4. The summed E-state index contributed by atoms with van der Waals surface area (Å²) in [5.74, 6) is 1.58. The summed E-state index contributed by atoms with van der Waals surface area (Å²) in [6.45, 7) is 2.21. The van der Waals surface area contributed by atoms with Gasteiger partial charge in [0, 0.05) is 28.5 Å². The van der Waals surface area contributed by atoms with E-state index in [1.807, 2.05) is 6.07 Å². The van der Waals surface area contributed by atoms with Gasteiger partial charge in [-0.15, -0.1) is 11.8 Å². The van der Waals surface area contributed by atoms with Crippen LogP contribution < -0.4 is 10.9 Å². The van der Waals surface area contributed by atoms with Gasteiger partial charge in [0.2, 0.25) is 5.91 Å². The van der Waals surface area contributed by atoms with E-state index in [0.717, 1.165) is 10.9 Å². The first-order valence-corrected chi connectivity index (χ1v) is 10.5. The molecule has 1 aliphatic rings. The fraction of sp³-hybridized carbons (Fsp3) is 0.500. The van der Waals surface area contributed by atoms with Crippen LogP contribution in [0.15, 0.2) is 33.7 Å². The van der Waals surface area contributed by atoms with E-state index in [1.165, 1.54) is 41.5 Å². The zero-order chi connectivity index (χ0) is 17.8. The molecule has 1 amide bonds. The number of hydrogen-bond donors (Lipinski definition) is 1. The van der Waals surface area contributed by atoms with Gasteiger partial charge in [0.05, 0.1) is 11.4 Å². The number of nitrogens with one attached hydrogen (secondary N) is 1. The van der Waals surface area contributed by atoms with Crippen LogP contribution in [0.4, 0.5) is 0 Å². The Morgan fingerprint density at radius 1 is 1.40 bits per heavy atom. The van der Waals surface area contributed by atoms with Crippen molar-refractivity contribution in [3.63, 3.8) is 0 Å². The average Bonchev–Trinajstić information content (AvgIpc) is 2.58. The Morgan fingerprint density at radius 3 is 3.00 bits per heavy atom. The maximum atomic E-state index is 12.2. The molecule has 1 aliphatic carbocycles. The van der Waals surface area contributed by atoms with Crippen molar-refractivity contribution in [2.45, 2.75) is 44.4 Å². The molecule has 0 spiro atoms. The summed E-state index contributed by atoms with van der Waals surface area (Å²) in [6.07, 6.45) is 6.45. The second kappa shape index (κ2) is 8.36. The standard InChI is InChI=1S/C18H22BrN3O2S/c1-12-4-2-3-5-15(12)21-17(23)11-25-10-14-8-18(24)22-9-13(19)6-7-16(22)20-14/h6-9,12,15H,2-5,10-11H2,1H3,(H,21,23)/t12-,15+/m0/s1. The van der Waals surface area contributed by atoms with Crippen molar-refractivity contribution in [1.29, 1.82) is 0 Å². The summed E-state index contributed by atoms with van der Waals surface area (Å²) in [5, 5.41) is 3.15. The van der Waals surface area contributed by atoms with Crippen molar-refractivity contribution in [3.05, 3.63) is 44.9 Å². The molecule has 0 radical (unpaired) electrons. The average molecular weight is 424 g/mol. The molecule has 1 fully saturated rings. The molecule has 5 nitrogen and oxygen atoms in total. The third-order valence-corrected chi connectivity index (χ3v) is 6.05. The van der Waals surface area contributed by atoms with E-state index in [9.17, 15) is 9.59 Å². The van der Waals surface area contributed by atoms with Crippen molar-refractivity contribution in [3.8, 4) is 0 Å². The predicted octanol–water partition coefficient (Wildman–Crippen LogP) is 3.39. The van der Waals surface area contributed by atoms with Crippen molar-refractivity contribution in [2.75, 3.05) is 5.75 Å². The maximum absolute atomic E-state index is 12.2. The van der Waals surface area contributed by atoms with Gasteiger partial charge in [-0.2, -0.15) is 0 Å². The maximum Gasteiger partial charge on any atom is 0.258 e. The molecule has 1 saturated carbocycles. The van der Waals surface area contributed by atoms with Crippen molar-refractivity contribution in [1.82, 2.24) is 14.7 Å². The summed E-state index contributed by atoms with van der Waals surface area (Å²) in [6, 6.07) is 5.51. The largest absolute Gasteiger partial charge is 0.352 e. The van der Waals surface area contributed by atoms with Gasteiger partial charge in [-0.3, -0.25) is 14.0 Å². The van der Waals surface area contributed by atoms with Gasteiger partial charge in [0.1, 0.15) is 5.65 Å². The van der Waals surface area contributed by atoms with E-state index < -0.39 is 0 Å². The molecule has 1 N–H and O–H groups in total. The smallest absolute Gasteiger partial charge is 0.258 e. The van der Waals surface area contributed by atoms with Crippen LogP contribution in [0, 0.1) is 5.92 Å². The summed E-state index contributed by atoms with van der Waals surface area (Å²) < 4.78 is 2.34. The lowest BCUT2D eigenvalue weighted by molar-refractivity contribution is -0.119. The van der Waals surface area contributed by atoms with Gasteiger partial charge in [-0.25, -0.2) is 4.98 Å². The molecule has 2 heterocycles. The highest BCUT2D eigenvalue weighted by Crippen LogP contribution is 2.23. The Hall–Kier alpha value is -1.34. The van der Waals surface area contributed by atoms with Gasteiger partial charge in [-0.1, -0.05) is 19.8 Å². The summed E-state index contributed by atoms with van der Waals surface area (Å²) in [5.41, 5.74) is 1.21. The first-order chi connectivity index (χ1) is 12.0. The van der Waals surface area contributed by atoms with Gasteiger partial charge in [-0.05, 0) is 46.8 Å². The van der Waals surface area contributed by atoms with E-state index >= 15 is 0 Å². The SMILES string of the molecule is C[C@H]1CCCC[C@H]1NC(=O)CSCc1cc(=O)n2cc(Br)ccc2n1. The van der Waals surface area contributed by atoms with E-state index in [2.05, 4.69) is 33.2 Å². The second-order valence-corrected chi connectivity index (χ2v) is 8.49. The van der Waals surface area contributed by atoms with Crippen molar-refractivity contribution in [2.24, 2.45) is 5.92 Å². The van der Waals surface area contributed by atoms with Crippen LogP contribution in [-0.4, -0.2) is 27.1 Å². The van der Waals surface area contributed by atoms with Gasteiger partial charge >= 0.3 is 0 Å². The molecule has 0 aliphatic heterocycles. The van der Waals surface area contributed by atoms with Crippen molar-refractivity contribution < 1.29 is 4.79 Å². The molecule has 0 unspecified atom stereocenters. The van der Waals surface area contributed by atoms with E-state index in [4.69, 9.17) is 0 Å². The lowest BCUT2D eigenvalue weighted by Gasteiger charge is -2.29. The van der Waals surface area contributed by atoms with Crippen LogP contribution in [0.1, 0.15) is 38.3 Å². The van der Waals surface area contributed by atoms with Crippen LogP contribution >= 0.6 is 27.7 Å². The molecule has 2 atom stereocenters. The molecule has 0 saturated heterocycles. The molecule has 2 aromatic rings. The topological polar surface area (TPSA) is 63.5 Å². The molecule has 2 aromatic heterocycles. The first-order valence-electron chi connectivity index (χ1n) is 8.58. The third-order valence-electron chi connectivity index (χ3n) is 4.62. The summed E-state index contributed by atoms with van der Waals surface area (Å²) in [4.78, 5) is 28.8. The molecule has 0 bridgehead atoms. The Bertz CT molecular complexity index is 824. The number of halogens is 1. The highest BCUT2D eigenvalue weighted by atomic mass is 79.9. The van der Waals surface area contributed by atoms with E-state index in [1.54, 1.807) is 12.3 Å². The minimum absolute atomic E-state index is 0.0743. The monoisotopic (exact) mass is 423 g/mol. The fourth-order valence-corrected chi connectivity index (χ4v) is 4.29.